The van der Waals surface area contributed by atoms with Crippen molar-refractivity contribution >= 4 is 27.3 Å². The first-order valence-corrected chi connectivity index (χ1v) is 7.67. The summed E-state index contributed by atoms with van der Waals surface area (Å²) in [6, 6.07) is 15.4. The molecule has 0 unspecified atom stereocenters. The van der Waals surface area contributed by atoms with Crippen molar-refractivity contribution in [3.63, 3.8) is 0 Å². The Hall–Kier alpha value is -2.37. The quantitative estimate of drug-likeness (QED) is 0.500. The van der Waals surface area contributed by atoms with E-state index in [4.69, 9.17) is 21.0 Å². The molecular weight excluding hydrogens is 296 g/mol. The number of hydrogen-bond acceptors (Lipinski definition) is 4. The Morgan fingerprint density at radius 3 is 2.73 bits per heavy atom. The Morgan fingerprint density at radius 2 is 1.95 bits per heavy atom. The van der Waals surface area contributed by atoms with Crippen LogP contribution in [0.15, 0.2) is 48.5 Å². The lowest BCUT2D eigenvalue weighted by Gasteiger charge is -2.07. The molecule has 0 aliphatic heterocycles. The van der Waals surface area contributed by atoms with Crippen molar-refractivity contribution in [2.45, 2.75) is 13.2 Å². The molecule has 22 heavy (non-hydrogen) atoms. The summed E-state index contributed by atoms with van der Waals surface area (Å²) >= 11 is 1.48. The number of aliphatic hydroxyl groups is 1. The van der Waals surface area contributed by atoms with Gasteiger partial charge in [0.05, 0.1) is 11.5 Å². The van der Waals surface area contributed by atoms with Crippen molar-refractivity contribution in [3.05, 3.63) is 64.5 Å². The molecule has 0 saturated carbocycles. The van der Waals surface area contributed by atoms with Gasteiger partial charge in [0.2, 0.25) is 0 Å². The molecule has 0 spiro atoms. The van der Waals surface area contributed by atoms with E-state index >= 15 is 0 Å². The maximum absolute atomic E-state index is 9.15. The van der Waals surface area contributed by atoms with Crippen LogP contribution in [0.25, 0.3) is 10.1 Å². The molecule has 0 atom stereocenters. The fraction of sp³-hybridized carbons (Fsp3) is 0.118. The molecule has 3 aromatic rings. The van der Waals surface area contributed by atoms with Gasteiger partial charge >= 0.3 is 0 Å². The van der Waals surface area contributed by atoms with Gasteiger partial charge in [0.1, 0.15) is 18.2 Å². The molecule has 0 aliphatic rings. The average Bonchev–Trinajstić information content (AvgIpc) is 2.96. The van der Waals surface area contributed by atoms with E-state index in [2.05, 4.69) is 0 Å². The molecule has 2 aromatic carbocycles. The number of ether oxygens (including phenoxy) is 1. The van der Waals surface area contributed by atoms with Gasteiger partial charge in [-0.1, -0.05) is 24.3 Å². The van der Waals surface area contributed by atoms with Crippen molar-refractivity contribution < 1.29 is 9.84 Å². The lowest BCUT2D eigenvalue weighted by molar-refractivity contribution is 0.280. The lowest BCUT2D eigenvalue weighted by Crippen LogP contribution is -2.08. The first kappa shape index (κ1) is 14.6. The molecule has 0 saturated heterocycles. The summed E-state index contributed by atoms with van der Waals surface area (Å²) in [5, 5.41) is 17.7. The topological polar surface area (TPSA) is 79.3 Å². The van der Waals surface area contributed by atoms with Crippen LogP contribution in [0.5, 0.6) is 5.75 Å². The van der Waals surface area contributed by atoms with Crippen molar-refractivity contribution in [2.24, 2.45) is 5.73 Å². The number of benzene rings is 2. The molecule has 4 nitrogen and oxygen atoms in total. The molecule has 0 fully saturated rings. The van der Waals surface area contributed by atoms with Gasteiger partial charge in [0.15, 0.2) is 0 Å². The van der Waals surface area contributed by atoms with Crippen LogP contribution in [-0.2, 0) is 13.2 Å². The van der Waals surface area contributed by atoms with E-state index in [9.17, 15) is 0 Å². The number of hydrogen-bond donors (Lipinski definition) is 3. The number of aliphatic hydroxyl groups excluding tert-OH is 1. The van der Waals surface area contributed by atoms with E-state index < -0.39 is 0 Å². The molecule has 5 heteroatoms. The van der Waals surface area contributed by atoms with Crippen molar-refractivity contribution in [1.82, 2.24) is 0 Å². The highest BCUT2D eigenvalue weighted by molar-refractivity contribution is 7.20. The van der Waals surface area contributed by atoms with E-state index in [-0.39, 0.29) is 12.4 Å². The highest BCUT2D eigenvalue weighted by atomic mass is 32.1. The number of thiophene rings is 1. The van der Waals surface area contributed by atoms with E-state index in [1.165, 1.54) is 11.3 Å². The van der Waals surface area contributed by atoms with Crippen molar-refractivity contribution in [2.75, 3.05) is 0 Å². The minimum absolute atomic E-state index is 0.0306. The molecule has 3 rings (SSSR count). The molecule has 0 radical (unpaired) electrons. The maximum Gasteiger partial charge on any atom is 0.133 e. The zero-order chi connectivity index (χ0) is 15.5. The van der Waals surface area contributed by atoms with Crippen LogP contribution in [0, 0.1) is 5.41 Å². The zero-order valence-electron chi connectivity index (χ0n) is 11.9. The predicted octanol–water partition coefficient (Wildman–Crippen LogP) is 3.26. The zero-order valence-corrected chi connectivity index (χ0v) is 12.7. The van der Waals surface area contributed by atoms with Crippen LogP contribution in [0.2, 0.25) is 0 Å². The third kappa shape index (κ3) is 3.10. The van der Waals surface area contributed by atoms with E-state index in [0.29, 0.717) is 6.61 Å². The second-order valence-electron chi connectivity index (χ2n) is 4.99. The molecule has 0 bridgehead atoms. The van der Waals surface area contributed by atoms with Crippen LogP contribution in [0.1, 0.15) is 16.0 Å². The summed E-state index contributed by atoms with van der Waals surface area (Å²) in [6.07, 6.45) is 0. The Balaban J connectivity index is 1.77. The fourth-order valence-corrected chi connectivity index (χ4v) is 3.17. The highest BCUT2D eigenvalue weighted by Gasteiger charge is 2.06. The van der Waals surface area contributed by atoms with Crippen LogP contribution in [0.3, 0.4) is 0 Å². The number of nitrogens with one attached hydrogen (secondary N) is 1. The first-order valence-electron chi connectivity index (χ1n) is 6.85. The summed E-state index contributed by atoms with van der Waals surface area (Å²) in [7, 11) is 0. The minimum Gasteiger partial charge on any atom is -0.489 e. The number of rotatable bonds is 5. The van der Waals surface area contributed by atoms with E-state index in [1.54, 1.807) is 0 Å². The summed E-state index contributed by atoms with van der Waals surface area (Å²) < 4.78 is 6.86. The normalized spacial score (nSPS) is 10.8. The fourth-order valence-electron chi connectivity index (χ4n) is 2.22. The van der Waals surface area contributed by atoms with Gasteiger partial charge in [-0.2, -0.15) is 0 Å². The Morgan fingerprint density at radius 1 is 1.14 bits per heavy atom. The summed E-state index contributed by atoms with van der Waals surface area (Å²) in [5.41, 5.74) is 7.41. The minimum atomic E-state index is 0.0306. The van der Waals surface area contributed by atoms with E-state index in [0.717, 1.165) is 31.8 Å². The van der Waals surface area contributed by atoms with Crippen molar-refractivity contribution in [3.8, 4) is 5.75 Å². The molecular formula is C17H16N2O2S. The molecule has 0 aliphatic carbocycles. The Kier molecular flexibility index (Phi) is 4.09. The van der Waals surface area contributed by atoms with Gasteiger partial charge in [-0.05, 0) is 40.8 Å². The highest BCUT2D eigenvalue weighted by Crippen LogP contribution is 2.29. The second kappa shape index (κ2) is 6.17. The first-order chi connectivity index (χ1) is 10.7. The smallest absolute Gasteiger partial charge is 0.133 e. The number of nitrogens with two attached hydrogens (primary N) is 1. The average molecular weight is 312 g/mol. The van der Waals surface area contributed by atoms with Gasteiger partial charge in [0, 0.05) is 4.70 Å². The van der Waals surface area contributed by atoms with Gasteiger partial charge in [-0.15, -0.1) is 11.3 Å². The maximum atomic E-state index is 9.15. The summed E-state index contributed by atoms with van der Waals surface area (Å²) in [4.78, 5) is 0.766. The van der Waals surface area contributed by atoms with Crippen LogP contribution in [-0.4, -0.2) is 10.9 Å². The lowest BCUT2D eigenvalue weighted by atomic mass is 10.1. The van der Waals surface area contributed by atoms with Gasteiger partial charge in [0.25, 0.3) is 0 Å². The van der Waals surface area contributed by atoms with Crippen LogP contribution in [0.4, 0.5) is 0 Å². The van der Waals surface area contributed by atoms with Gasteiger partial charge < -0.3 is 15.6 Å². The summed E-state index contributed by atoms with van der Waals surface area (Å²) in [6.45, 7) is 0.479. The largest absolute Gasteiger partial charge is 0.489 e. The predicted molar refractivity (Wildman–Crippen MR) is 89.5 cm³/mol. The van der Waals surface area contributed by atoms with Gasteiger partial charge in [-0.25, -0.2) is 0 Å². The molecule has 1 aromatic heterocycles. The van der Waals surface area contributed by atoms with Gasteiger partial charge in [-0.3, -0.25) is 5.41 Å². The third-order valence-electron chi connectivity index (χ3n) is 3.34. The molecule has 112 valence electrons. The summed E-state index contributed by atoms with van der Waals surface area (Å²) in [5.74, 6) is 0.864. The third-order valence-corrected chi connectivity index (χ3v) is 4.47. The Bertz CT molecular complexity index is 826. The second-order valence-corrected chi connectivity index (χ2v) is 6.07. The Labute approximate surface area is 132 Å². The monoisotopic (exact) mass is 312 g/mol. The number of nitrogen functional groups attached to an aromatic ring is 1. The van der Waals surface area contributed by atoms with Crippen molar-refractivity contribution in [1.29, 1.82) is 5.41 Å². The molecule has 0 amide bonds. The molecule has 4 N–H and O–H groups in total. The number of fused-ring (bicyclic) bond motifs is 1. The van der Waals surface area contributed by atoms with Crippen LogP contribution >= 0.6 is 11.3 Å². The van der Waals surface area contributed by atoms with Crippen LogP contribution < -0.4 is 10.5 Å². The molecule has 1 heterocycles. The number of amidine groups is 1. The standard InChI is InChI=1S/C17H16N2O2S/c18-17(19)16-7-13-4-5-14(8-15(13)22-16)21-10-12-3-1-2-11(6-12)9-20/h1-8,20H,9-10H2,(H3,18,19). The SMILES string of the molecule is N=C(N)c1cc2ccc(OCc3cccc(CO)c3)cc2s1. The van der Waals surface area contributed by atoms with E-state index in [1.807, 2.05) is 48.5 Å².